The Morgan fingerprint density at radius 2 is 1.48 bits per heavy atom. The van der Waals surface area contributed by atoms with Crippen LogP contribution in [0.1, 0.15) is 6.42 Å². The second kappa shape index (κ2) is 11.1. The van der Waals surface area contributed by atoms with E-state index in [0.717, 1.165) is 4.90 Å². The Labute approximate surface area is 146 Å². The molecule has 0 aromatic carbocycles. The number of imide groups is 1. The fourth-order valence-electron chi connectivity index (χ4n) is 1.98. The van der Waals surface area contributed by atoms with Crippen LogP contribution >= 0.6 is 7.59 Å². The maximum absolute atomic E-state index is 12.5. The minimum atomic E-state index is -3.03. The van der Waals surface area contributed by atoms with E-state index >= 15 is 0 Å². The number of rotatable bonds is 13. The number of amides is 3. The number of carbonyl (C=O) groups excluding carboxylic acids is 3. The zero-order chi connectivity index (χ0) is 18.7. The number of carbonyl (C=O) groups is 3. The molecule has 0 aliphatic carbocycles. The highest BCUT2D eigenvalue weighted by Crippen LogP contribution is 2.28. The molecule has 0 bridgehead atoms. The van der Waals surface area contributed by atoms with E-state index in [-0.39, 0.29) is 32.0 Å². The predicted molar refractivity (Wildman–Crippen MR) is 93.2 cm³/mol. The van der Waals surface area contributed by atoms with E-state index in [1.54, 1.807) is 0 Å². The molecular formula is C13H26N7O4P. The lowest BCUT2D eigenvalue weighted by atomic mass is 10.3. The third kappa shape index (κ3) is 7.86. The molecule has 142 valence electrons. The zero-order valence-corrected chi connectivity index (χ0v) is 14.9. The molecule has 3 amide bonds. The number of hydrogen-bond donors (Lipinski definition) is 6. The number of nitrogens with one attached hydrogen (secondary N) is 4. The molecule has 0 atom stereocenters. The average molecular weight is 375 g/mol. The maximum atomic E-state index is 12.5. The van der Waals surface area contributed by atoms with Gasteiger partial charge in [-0.1, -0.05) is 0 Å². The lowest BCUT2D eigenvalue weighted by Gasteiger charge is -2.21. The highest BCUT2D eigenvalue weighted by Gasteiger charge is 2.23. The Balaban J connectivity index is 2.25. The first-order valence-electron chi connectivity index (χ1n) is 7.97. The quantitative estimate of drug-likeness (QED) is 0.113. The Bertz CT molecular complexity index is 524. The van der Waals surface area contributed by atoms with Crippen LogP contribution in [0.3, 0.4) is 0 Å². The van der Waals surface area contributed by atoms with Gasteiger partial charge in [0.25, 0.3) is 19.4 Å². The van der Waals surface area contributed by atoms with Crippen molar-refractivity contribution in [2.45, 2.75) is 6.42 Å². The van der Waals surface area contributed by atoms with Gasteiger partial charge in [-0.15, -0.1) is 0 Å². The Morgan fingerprint density at radius 1 is 0.960 bits per heavy atom. The van der Waals surface area contributed by atoms with Crippen molar-refractivity contribution in [2.24, 2.45) is 11.5 Å². The molecule has 0 radical (unpaired) electrons. The van der Waals surface area contributed by atoms with E-state index in [2.05, 4.69) is 20.6 Å². The van der Waals surface area contributed by atoms with E-state index in [9.17, 15) is 18.9 Å². The van der Waals surface area contributed by atoms with Gasteiger partial charge >= 0.3 is 0 Å². The van der Waals surface area contributed by atoms with E-state index < -0.39 is 19.4 Å². The van der Waals surface area contributed by atoms with Gasteiger partial charge in [0.15, 0.2) is 0 Å². The van der Waals surface area contributed by atoms with E-state index in [0.29, 0.717) is 26.2 Å². The second-order valence-corrected chi connectivity index (χ2v) is 7.34. The Kier molecular flexibility index (Phi) is 9.50. The molecule has 1 rings (SSSR count). The smallest absolute Gasteiger partial charge is 0.279 e. The van der Waals surface area contributed by atoms with Crippen LogP contribution in [0.15, 0.2) is 12.2 Å². The fraction of sp³-hybridized carbons (Fsp3) is 0.615. The number of nitrogens with two attached hydrogens (primary N) is 2. The summed E-state index contributed by atoms with van der Waals surface area (Å²) in [5.74, 6) is -1.15. The topological polar surface area (TPSA) is 172 Å². The van der Waals surface area contributed by atoms with E-state index in [1.807, 2.05) is 0 Å². The third-order valence-electron chi connectivity index (χ3n) is 3.20. The largest absolute Gasteiger partial charge is 0.355 e. The van der Waals surface area contributed by atoms with Gasteiger partial charge in [-0.3, -0.25) is 23.8 Å². The van der Waals surface area contributed by atoms with Crippen molar-refractivity contribution in [1.82, 2.24) is 25.5 Å². The minimum absolute atomic E-state index is 0.00761. The lowest BCUT2D eigenvalue weighted by molar-refractivity contribution is -0.137. The van der Waals surface area contributed by atoms with Crippen LogP contribution in [-0.2, 0) is 18.9 Å². The molecule has 1 aliphatic heterocycles. The molecular weight excluding hydrogens is 349 g/mol. The minimum Gasteiger partial charge on any atom is -0.355 e. The van der Waals surface area contributed by atoms with E-state index in [4.69, 9.17) is 11.5 Å². The van der Waals surface area contributed by atoms with Gasteiger partial charge in [-0.25, -0.2) is 15.3 Å². The highest BCUT2D eigenvalue weighted by molar-refractivity contribution is 7.57. The van der Waals surface area contributed by atoms with Crippen molar-refractivity contribution in [3.63, 3.8) is 0 Å². The monoisotopic (exact) mass is 375 g/mol. The zero-order valence-electron chi connectivity index (χ0n) is 14.0. The summed E-state index contributed by atoms with van der Waals surface area (Å²) in [6, 6.07) is 0. The van der Waals surface area contributed by atoms with Gasteiger partial charge in [0, 0.05) is 64.4 Å². The summed E-state index contributed by atoms with van der Waals surface area (Å²) in [6.07, 6.45) is 2.35. The average Bonchev–Trinajstić information content (AvgIpc) is 2.91. The molecule has 8 N–H and O–H groups in total. The second-order valence-electron chi connectivity index (χ2n) is 5.17. The van der Waals surface area contributed by atoms with Crippen LogP contribution in [0.25, 0.3) is 0 Å². The van der Waals surface area contributed by atoms with Gasteiger partial charge in [0.1, 0.15) is 0 Å². The van der Waals surface area contributed by atoms with E-state index in [1.165, 1.54) is 12.2 Å². The number of hydrogen-bond acceptors (Lipinski definition) is 6. The van der Waals surface area contributed by atoms with Crippen LogP contribution in [0, 0.1) is 0 Å². The van der Waals surface area contributed by atoms with Crippen LogP contribution in [0.2, 0.25) is 0 Å². The molecule has 0 fully saturated rings. The van der Waals surface area contributed by atoms with Crippen molar-refractivity contribution >= 4 is 25.3 Å². The van der Waals surface area contributed by atoms with Crippen molar-refractivity contribution in [3.05, 3.63) is 12.2 Å². The molecule has 0 aromatic rings. The molecule has 0 aromatic heterocycles. The molecule has 11 nitrogen and oxygen atoms in total. The predicted octanol–water partition coefficient (Wildman–Crippen LogP) is -2.79. The first kappa shape index (κ1) is 21.4. The Morgan fingerprint density at radius 3 is 2.00 bits per heavy atom. The molecule has 1 heterocycles. The lowest BCUT2D eigenvalue weighted by Crippen LogP contribution is -2.40. The third-order valence-corrected chi connectivity index (χ3v) is 5.21. The van der Waals surface area contributed by atoms with Crippen molar-refractivity contribution < 1.29 is 18.9 Å². The Hall–Kier alpha value is -1.62. The summed E-state index contributed by atoms with van der Waals surface area (Å²) in [4.78, 5) is 35.4. The number of nitrogens with zero attached hydrogens (tertiary/aromatic N) is 1. The summed E-state index contributed by atoms with van der Waals surface area (Å²) in [6.45, 7) is 1.89. The van der Waals surface area contributed by atoms with Gasteiger partial charge in [0.05, 0.1) is 0 Å². The van der Waals surface area contributed by atoms with Crippen molar-refractivity contribution in [3.8, 4) is 0 Å². The molecule has 0 spiro atoms. The van der Waals surface area contributed by atoms with Crippen LogP contribution in [-0.4, -0.2) is 68.4 Å². The van der Waals surface area contributed by atoms with Crippen LogP contribution in [0.5, 0.6) is 0 Å². The summed E-state index contributed by atoms with van der Waals surface area (Å²) in [5, 5.41) is 11.0. The summed E-state index contributed by atoms with van der Waals surface area (Å²) < 4.78 is 12.5. The highest BCUT2D eigenvalue weighted by atomic mass is 31.2. The first-order valence-corrected chi connectivity index (χ1v) is 9.68. The molecule has 1 aliphatic rings. The molecule has 25 heavy (non-hydrogen) atoms. The van der Waals surface area contributed by atoms with Crippen molar-refractivity contribution in [2.75, 3.05) is 45.8 Å². The summed E-state index contributed by atoms with van der Waals surface area (Å²) in [5.41, 5.74) is 10.8. The maximum Gasteiger partial charge on any atom is 0.279 e. The molecule has 0 unspecified atom stereocenters. The summed E-state index contributed by atoms with van der Waals surface area (Å²) >= 11 is 0. The van der Waals surface area contributed by atoms with Gasteiger partial charge in [0.2, 0.25) is 5.91 Å². The van der Waals surface area contributed by atoms with Gasteiger partial charge in [-0.05, 0) is 0 Å². The molecule has 0 saturated carbocycles. The van der Waals surface area contributed by atoms with Gasteiger partial charge < -0.3 is 16.8 Å². The standard InChI is InChI=1S/C13H26N7O4P/c14-4-6-17-25(24,18-7-5-15)19-9-8-16-11(21)3-10-20-12(22)1-2-13(20)23/h1-2H,3-10,14-15H2,(H,16,21)(H3,17,18,19,24). The van der Waals surface area contributed by atoms with Crippen LogP contribution < -0.4 is 32.0 Å². The molecule has 0 saturated heterocycles. The SMILES string of the molecule is NCCNP(=O)(NCCN)NCCNC(=O)CCN1C(=O)C=CC1=O. The molecule has 12 heteroatoms. The normalized spacial score (nSPS) is 14.4. The summed E-state index contributed by atoms with van der Waals surface area (Å²) in [7, 11) is -3.03. The fourth-order valence-corrected chi connectivity index (χ4v) is 3.63. The van der Waals surface area contributed by atoms with Gasteiger partial charge in [-0.2, -0.15) is 0 Å². The van der Waals surface area contributed by atoms with Crippen molar-refractivity contribution in [1.29, 1.82) is 0 Å². The first-order chi connectivity index (χ1) is 11.9. The van der Waals surface area contributed by atoms with Crippen LogP contribution in [0.4, 0.5) is 0 Å².